The van der Waals surface area contributed by atoms with E-state index in [-0.39, 0.29) is 4.90 Å². The van der Waals surface area contributed by atoms with E-state index in [9.17, 15) is 8.42 Å². The van der Waals surface area contributed by atoms with Crippen molar-refractivity contribution in [2.75, 3.05) is 36.8 Å². The first-order chi connectivity index (χ1) is 21.5. The van der Waals surface area contributed by atoms with Crippen molar-refractivity contribution in [3.8, 4) is 0 Å². The zero-order valence-electron chi connectivity index (χ0n) is 27.1. The molecule has 0 aliphatic carbocycles. The van der Waals surface area contributed by atoms with Crippen LogP contribution in [-0.2, 0) is 24.1 Å². The second-order valence-electron chi connectivity index (χ2n) is 12.0. The molecule has 45 heavy (non-hydrogen) atoms. The van der Waals surface area contributed by atoms with Gasteiger partial charge in [0.05, 0.1) is 27.0 Å². The van der Waals surface area contributed by atoms with Crippen molar-refractivity contribution in [1.29, 1.82) is 0 Å². The van der Waals surface area contributed by atoms with Crippen LogP contribution in [0, 0.1) is 27.7 Å². The number of hydrogen-bond acceptors (Lipinski definition) is 4. The standard InChI is InChI=1S/C36H42ClN5O2S/c1-25-9-15-35-31(21-25)33(23-27(3)40(35)5)38-17-7-19-42(45(43,44)30-13-11-29(37)12-14-30)20-8-18-39-34-24-28(4)41(6)36-16-10-26(2)22-32(34)36/h9-16,21-24H,7-8,17-20H2,1-6H3/p+2. The molecule has 5 rings (SSSR count). The van der Waals surface area contributed by atoms with Crippen LogP contribution in [-0.4, -0.2) is 38.9 Å². The van der Waals surface area contributed by atoms with Gasteiger partial charge in [-0.1, -0.05) is 23.7 Å². The molecule has 0 unspecified atom stereocenters. The highest BCUT2D eigenvalue weighted by atomic mass is 35.5. The van der Waals surface area contributed by atoms with Gasteiger partial charge in [0.1, 0.15) is 14.1 Å². The van der Waals surface area contributed by atoms with E-state index in [1.807, 2.05) is 0 Å². The average molecular weight is 646 g/mol. The van der Waals surface area contributed by atoms with Crippen molar-refractivity contribution in [1.82, 2.24) is 4.31 Å². The summed E-state index contributed by atoms with van der Waals surface area (Å²) in [5.74, 6) is 0. The highest BCUT2D eigenvalue weighted by Crippen LogP contribution is 2.25. The largest absolute Gasteiger partial charge is 0.384 e. The normalized spacial score (nSPS) is 11.9. The quantitative estimate of drug-likeness (QED) is 0.120. The van der Waals surface area contributed by atoms with Crippen molar-refractivity contribution in [3.05, 3.63) is 100 Å². The predicted octanol–water partition coefficient (Wildman–Crippen LogP) is 6.52. The molecule has 9 heteroatoms. The molecule has 0 saturated carbocycles. The maximum absolute atomic E-state index is 13.8. The van der Waals surface area contributed by atoms with Gasteiger partial charge in [0.2, 0.25) is 21.1 Å². The summed E-state index contributed by atoms with van der Waals surface area (Å²) in [6.07, 6.45) is 1.32. The number of aromatic nitrogens is 2. The third-order valence-corrected chi connectivity index (χ3v) is 10.8. The Labute approximate surface area is 272 Å². The van der Waals surface area contributed by atoms with E-state index < -0.39 is 10.0 Å². The van der Waals surface area contributed by atoms with Crippen molar-refractivity contribution in [2.24, 2.45) is 14.1 Å². The van der Waals surface area contributed by atoms with Crippen LogP contribution in [0.15, 0.2) is 77.7 Å². The molecule has 0 amide bonds. The van der Waals surface area contributed by atoms with Crippen LogP contribution in [0.1, 0.15) is 35.4 Å². The number of rotatable bonds is 12. The first-order valence-corrected chi connectivity index (χ1v) is 17.3. The molecule has 7 nitrogen and oxygen atoms in total. The number of sulfonamides is 1. The molecule has 2 heterocycles. The van der Waals surface area contributed by atoms with Gasteiger partial charge >= 0.3 is 0 Å². The lowest BCUT2D eigenvalue weighted by molar-refractivity contribution is -0.651. The summed E-state index contributed by atoms with van der Waals surface area (Å²) in [5.41, 5.74) is 9.15. The highest BCUT2D eigenvalue weighted by Gasteiger charge is 2.24. The molecule has 0 aliphatic rings. The fourth-order valence-corrected chi connectivity index (χ4v) is 7.46. The minimum Gasteiger partial charge on any atom is -0.384 e. The van der Waals surface area contributed by atoms with E-state index in [1.165, 1.54) is 11.1 Å². The smallest absolute Gasteiger partial charge is 0.243 e. The van der Waals surface area contributed by atoms with Gasteiger partial charge in [0.15, 0.2) is 11.4 Å². The second kappa shape index (κ2) is 13.7. The van der Waals surface area contributed by atoms with E-state index in [4.69, 9.17) is 11.6 Å². The minimum absolute atomic E-state index is 0.258. The molecule has 5 aromatic rings. The third kappa shape index (κ3) is 7.24. The first-order valence-electron chi connectivity index (χ1n) is 15.5. The fourth-order valence-electron chi connectivity index (χ4n) is 5.82. The van der Waals surface area contributed by atoms with Crippen LogP contribution < -0.4 is 19.8 Å². The SMILES string of the molecule is Cc1ccc2c(c1)c(NCCCN(CCCNc1cc(C)[n+](C)c3ccc(C)cc13)S(=O)(=O)c1ccc(Cl)cc1)cc(C)[n+]2C. The Morgan fingerprint density at radius 1 is 0.667 bits per heavy atom. The maximum Gasteiger partial charge on any atom is 0.243 e. The van der Waals surface area contributed by atoms with Crippen LogP contribution in [0.2, 0.25) is 5.02 Å². The molecular weight excluding hydrogens is 602 g/mol. The number of pyridine rings is 2. The fraction of sp³-hybridized carbons (Fsp3) is 0.333. The van der Waals surface area contributed by atoms with Gasteiger partial charge in [0, 0.05) is 69.3 Å². The molecule has 0 bridgehead atoms. The molecule has 0 radical (unpaired) electrons. The predicted molar refractivity (Wildman–Crippen MR) is 186 cm³/mol. The molecule has 2 N–H and O–H groups in total. The summed E-state index contributed by atoms with van der Waals surface area (Å²) in [6.45, 7) is 10.5. The Morgan fingerprint density at radius 2 is 1.11 bits per heavy atom. The lowest BCUT2D eigenvalue weighted by Crippen LogP contribution is -2.35. The highest BCUT2D eigenvalue weighted by molar-refractivity contribution is 7.89. The Balaban J connectivity index is 1.29. The number of halogens is 1. The van der Waals surface area contributed by atoms with E-state index in [0.29, 0.717) is 44.0 Å². The van der Waals surface area contributed by atoms with Gasteiger partial charge < -0.3 is 10.6 Å². The molecule has 236 valence electrons. The molecule has 0 saturated heterocycles. The van der Waals surface area contributed by atoms with E-state index in [1.54, 1.807) is 28.6 Å². The molecular formula is C36H44ClN5O2S+2. The summed E-state index contributed by atoms with van der Waals surface area (Å²) in [7, 11) is 0.453. The zero-order chi connectivity index (χ0) is 32.3. The summed E-state index contributed by atoms with van der Waals surface area (Å²) in [6, 6.07) is 23.7. The van der Waals surface area contributed by atoms with Crippen LogP contribution >= 0.6 is 11.6 Å². The lowest BCUT2D eigenvalue weighted by atomic mass is 10.1. The van der Waals surface area contributed by atoms with Crippen LogP contribution in [0.25, 0.3) is 21.8 Å². The Morgan fingerprint density at radius 3 is 1.56 bits per heavy atom. The molecule has 0 fully saturated rings. The molecule has 3 aromatic carbocycles. The van der Waals surface area contributed by atoms with Gasteiger partial charge in [0.25, 0.3) is 0 Å². The maximum atomic E-state index is 13.8. The Bertz CT molecular complexity index is 1850. The van der Waals surface area contributed by atoms with Crippen molar-refractivity contribution in [3.63, 3.8) is 0 Å². The molecule has 0 spiro atoms. The van der Waals surface area contributed by atoms with Gasteiger partial charge in [-0.25, -0.2) is 8.42 Å². The van der Waals surface area contributed by atoms with Crippen molar-refractivity contribution >= 4 is 54.8 Å². The number of fused-ring (bicyclic) bond motifs is 2. The number of nitrogens with one attached hydrogen (secondary N) is 2. The van der Waals surface area contributed by atoms with Gasteiger partial charge in [-0.15, -0.1) is 0 Å². The van der Waals surface area contributed by atoms with E-state index in [0.717, 1.165) is 44.6 Å². The topological polar surface area (TPSA) is 69.2 Å². The van der Waals surface area contributed by atoms with E-state index >= 15 is 0 Å². The number of nitrogens with zero attached hydrogens (tertiary/aromatic N) is 3. The minimum atomic E-state index is -3.70. The Kier molecular flexibility index (Phi) is 9.97. The van der Waals surface area contributed by atoms with Crippen LogP contribution in [0.3, 0.4) is 0 Å². The molecule has 0 aliphatic heterocycles. The second-order valence-corrected chi connectivity index (χ2v) is 14.4. The van der Waals surface area contributed by atoms with Gasteiger partial charge in [-0.3, -0.25) is 0 Å². The zero-order valence-corrected chi connectivity index (χ0v) is 28.7. The number of anilines is 2. The monoisotopic (exact) mass is 645 g/mol. The summed E-state index contributed by atoms with van der Waals surface area (Å²) < 4.78 is 33.6. The van der Waals surface area contributed by atoms with Crippen molar-refractivity contribution in [2.45, 2.75) is 45.4 Å². The number of benzene rings is 3. The number of hydrogen-bond donors (Lipinski definition) is 2. The lowest BCUT2D eigenvalue weighted by Gasteiger charge is -2.23. The van der Waals surface area contributed by atoms with Gasteiger partial charge in [-0.05, 0) is 74.2 Å². The van der Waals surface area contributed by atoms with Gasteiger partial charge in [-0.2, -0.15) is 13.4 Å². The van der Waals surface area contributed by atoms with Crippen LogP contribution in [0.5, 0.6) is 0 Å². The third-order valence-electron chi connectivity index (χ3n) is 8.62. The Hall–Kier alpha value is -3.72. The average Bonchev–Trinajstić information content (AvgIpc) is 3.01. The van der Waals surface area contributed by atoms with Crippen LogP contribution in [0.4, 0.5) is 11.4 Å². The number of aryl methyl sites for hydroxylation is 6. The van der Waals surface area contributed by atoms with E-state index in [2.05, 4.69) is 110 Å². The summed E-state index contributed by atoms with van der Waals surface area (Å²) in [4.78, 5) is 0.258. The molecule has 0 atom stereocenters. The first kappa shape index (κ1) is 32.7. The van der Waals surface area contributed by atoms with Crippen molar-refractivity contribution < 1.29 is 17.6 Å². The summed E-state index contributed by atoms with van der Waals surface area (Å²) in [5, 5.41) is 10.0. The molecule has 2 aromatic heterocycles. The summed E-state index contributed by atoms with van der Waals surface area (Å²) >= 11 is 6.08.